The fraction of sp³-hybridized carbons (Fsp3) is 0.0385. The Kier molecular flexibility index (Phi) is 6.79. The summed E-state index contributed by atoms with van der Waals surface area (Å²) in [5.41, 5.74) is 1.21. The van der Waals surface area contributed by atoms with Gasteiger partial charge in [0.15, 0.2) is 5.75 Å². The first-order valence-electron chi connectivity index (χ1n) is 10.3. The average molecular weight is 475 g/mol. The molecular formula is C26H22N2O5S. The van der Waals surface area contributed by atoms with E-state index in [2.05, 4.69) is 10.0 Å². The molecule has 0 heterocycles. The molecule has 1 amide bonds. The molecule has 7 nitrogen and oxygen atoms in total. The van der Waals surface area contributed by atoms with Crippen LogP contribution in [-0.4, -0.2) is 21.4 Å². The van der Waals surface area contributed by atoms with Crippen LogP contribution in [0.25, 0.3) is 0 Å². The first kappa shape index (κ1) is 22.9. The number of rotatable bonds is 8. The van der Waals surface area contributed by atoms with Crippen molar-refractivity contribution in [3.8, 4) is 17.2 Å². The number of amides is 1. The van der Waals surface area contributed by atoms with Crippen molar-refractivity contribution in [1.82, 2.24) is 0 Å². The predicted molar refractivity (Wildman–Crippen MR) is 131 cm³/mol. The normalized spacial score (nSPS) is 10.9. The zero-order valence-corrected chi connectivity index (χ0v) is 19.1. The standard InChI is InChI=1S/C26H22N2O5S/c1-32-21-15-17-23(18-16-21)34(30,31)28-20-13-11-19(12-14-20)26(29)27-24-9-5-6-10-25(24)33-22-7-3-2-4-8-22/h2-18,28H,1H3,(H,27,29). The summed E-state index contributed by atoms with van der Waals surface area (Å²) in [4.78, 5) is 12.9. The first-order chi connectivity index (χ1) is 16.4. The number of carbonyl (C=O) groups is 1. The molecule has 0 aliphatic rings. The zero-order valence-electron chi connectivity index (χ0n) is 18.3. The number of ether oxygens (including phenoxy) is 2. The maximum absolute atomic E-state index is 12.8. The Morgan fingerprint density at radius 1 is 0.735 bits per heavy atom. The van der Waals surface area contributed by atoms with Crippen molar-refractivity contribution in [3.63, 3.8) is 0 Å². The molecule has 0 aromatic heterocycles. The summed E-state index contributed by atoms with van der Waals surface area (Å²) in [7, 11) is -2.27. The second-order valence-electron chi connectivity index (χ2n) is 7.22. The van der Waals surface area contributed by atoms with E-state index >= 15 is 0 Å². The summed E-state index contributed by atoms with van der Waals surface area (Å²) < 4.78 is 38.6. The molecule has 34 heavy (non-hydrogen) atoms. The maximum Gasteiger partial charge on any atom is 0.261 e. The van der Waals surface area contributed by atoms with Crippen molar-refractivity contribution >= 4 is 27.3 Å². The molecule has 0 spiro atoms. The van der Waals surface area contributed by atoms with E-state index in [-0.39, 0.29) is 10.8 Å². The van der Waals surface area contributed by atoms with Gasteiger partial charge >= 0.3 is 0 Å². The lowest BCUT2D eigenvalue weighted by Gasteiger charge is -2.13. The highest BCUT2D eigenvalue weighted by Gasteiger charge is 2.15. The topological polar surface area (TPSA) is 93.7 Å². The molecule has 0 saturated heterocycles. The molecule has 0 fully saturated rings. The van der Waals surface area contributed by atoms with Gasteiger partial charge in [-0.15, -0.1) is 0 Å². The van der Waals surface area contributed by atoms with Crippen LogP contribution in [0.2, 0.25) is 0 Å². The van der Waals surface area contributed by atoms with Crippen molar-refractivity contribution in [2.75, 3.05) is 17.1 Å². The van der Waals surface area contributed by atoms with Crippen LogP contribution in [0.5, 0.6) is 17.2 Å². The van der Waals surface area contributed by atoms with Crippen molar-refractivity contribution < 1.29 is 22.7 Å². The van der Waals surface area contributed by atoms with Crippen LogP contribution in [0.1, 0.15) is 10.4 Å². The quantitative estimate of drug-likeness (QED) is 0.350. The summed E-state index contributed by atoms with van der Waals surface area (Å²) in [5, 5.41) is 2.84. The lowest BCUT2D eigenvalue weighted by molar-refractivity contribution is 0.102. The Balaban J connectivity index is 1.45. The second-order valence-corrected chi connectivity index (χ2v) is 8.91. The maximum atomic E-state index is 12.8. The van der Waals surface area contributed by atoms with Gasteiger partial charge in [-0.05, 0) is 72.8 Å². The van der Waals surface area contributed by atoms with Gasteiger partial charge < -0.3 is 14.8 Å². The predicted octanol–water partition coefficient (Wildman–Crippen LogP) is 5.54. The van der Waals surface area contributed by atoms with E-state index in [0.717, 1.165) is 0 Å². The number of hydrogen-bond acceptors (Lipinski definition) is 5. The van der Waals surface area contributed by atoms with Crippen LogP contribution in [0.3, 0.4) is 0 Å². The highest BCUT2D eigenvalue weighted by Crippen LogP contribution is 2.29. The molecule has 0 unspecified atom stereocenters. The Hall–Kier alpha value is -4.30. The van der Waals surface area contributed by atoms with E-state index in [4.69, 9.17) is 9.47 Å². The molecule has 0 atom stereocenters. The van der Waals surface area contributed by atoms with Gasteiger partial charge in [-0.1, -0.05) is 30.3 Å². The largest absolute Gasteiger partial charge is 0.497 e. The number of carbonyl (C=O) groups excluding carboxylic acids is 1. The van der Waals surface area contributed by atoms with Crippen LogP contribution < -0.4 is 19.5 Å². The fourth-order valence-corrected chi connectivity index (χ4v) is 4.19. The number of benzene rings is 4. The monoisotopic (exact) mass is 474 g/mol. The summed E-state index contributed by atoms with van der Waals surface area (Å²) >= 11 is 0. The van der Waals surface area contributed by atoms with Crippen LogP contribution >= 0.6 is 0 Å². The van der Waals surface area contributed by atoms with E-state index in [1.54, 1.807) is 42.5 Å². The van der Waals surface area contributed by atoms with Crippen LogP contribution in [0, 0.1) is 0 Å². The number of anilines is 2. The number of sulfonamides is 1. The van der Waals surface area contributed by atoms with Gasteiger partial charge in [-0.2, -0.15) is 0 Å². The SMILES string of the molecule is COc1ccc(S(=O)(=O)Nc2ccc(C(=O)Nc3ccccc3Oc3ccccc3)cc2)cc1. The highest BCUT2D eigenvalue weighted by molar-refractivity contribution is 7.92. The molecule has 8 heteroatoms. The van der Waals surface area contributed by atoms with Gasteiger partial charge in [-0.25, -0.2) is 8.42 Å². The number of hydrogen-bond donors (Lipinski definition) is 2. The average Bonchev–Trinajstić information content (AvgIpc) is 2.86. The van der Waals surface area contributed by atoms with Gasteiger partial charge in [0.05, 0.1) is 17.7 Å². The number of nitrogens with one attached hydrogen (secondary N) is 2. The third kappa shape index (κ3) is 5.54. The van der Waals surface area contributed by atoms with Gasteiger partial charge in [0.25, 0.3) is 15.9 Å². The molecule has 0 aliphatic carbocycles. The first-order valence-corrected chi connectivity index (χ1v) is 11.8. The summed E-state index contributed by atoms with van der Waals surface area (Å²) in [6, 6.07) is 28.6. The van der Waals surface area contributed by atoms with Gasteiger partial charge in [0, 0.05) is 11.3 Å². The van der Waals surface area contributed by atoms with E-state index < -0.39 is 10.0 Å². The minimum Gasteiger partial charge on any atom is -0.497 e. The van der Waals surface area contributed by atoms with Crippen LogP contribution in [0.15, 0.2) is 108 Å². The van der Waals surface area contributed by atoms with Gasteiger partial charge in [-0.3, -0.25) is 9.52 Å². The lowest BCUT2D eigenvalue weighted by atomic mass is 10.2. The smallest absolute Gasteiger partial charge is 0.261 e. The summed E-state index contributed by atoms with van der Waals surface area (Å²) in [6.07, 6.45) is 0. The fourth-order valence-electron chi connectivity index (χ4n) is 3.13. The molecule has 0 bridgehead atoms. The van der Waals surface area contributed by atoms with Gasteiger partial charge in [0.1, 0.15) is 11.5 Å². The molecular weight excluding hydrogens is 452 g/mol. The molecule has 0 saturated carbocycles. The van der Waals surface area contributed by atoms with E-state index in [0.29, 0.717) is 34.2 Å². The molecule has 4 aromatic carbocycles. The summed E-state index contributed by atoms with van der Waals surface area (Å²) in [5.74, 6) is 1.36. The van der Waals surface area contributed by atoms with Crippen molar-refractivity contribution in [3.05, 3.63) is 109 Å². The van der Waals surface area contributed by atoms with E-state index in [9.17, 15) is 13.2 Å². The minimum atomic E-state index is -3.78. The Labute approximate surface area is 198 Å². The lowest BCUT2D eigenvalue weighted by Crippen LogP contribution is -2.14. The second kappa shape index (κ2) is 10.1. The molecule has 4 aromatic rings. The van der Waals surface area contributed by atoms with E-state index in [1.807, 2.05) is 36.4 Å². The third-order valence-corrected chi connectivity index (χ3v) is 6.27. The van der Waals surface area contributed by atoms with E-state index in [1.165, 1.54) is 31.4 Å². The zero-order chi connectivity index (χ0) is 24.0. The van der Waals surface area contributed by atoms with Crippen LogP contribution in [0.4, 0.5) is 11.4 Å². The molecule has 4 rings (SSSR count). The number of methoxy groups -OCH3 is 1. The number of para-hydroxylation sites is 3. The van der Waals surface area contributed by atoms with Crippen molar-refractivity contribution in [2.45, 2.75) is 4.90 Å². The minimum absolute atomic E-state index is 0.102. The molecule has 2 N–H and O–H groups in total. The van der Waals surface area contributed by atoms with Crippen molar-refractivity contribution in [2.24, 2.45) is 0 Å². The Bertz CT molecular complexity index is 1370. The third-order valence-electron chi connectivity index (χ3n) is 4.88. The molecule has 0 radical (unpaired) electrons. The Morgan fingerprint density at radius 3 is 2.06 bits per heavy atom. The highest BCUT2D eigenvalue weighted by atomic mass is 32.2. The van der Waals surface area contributed by atoms with Gasteiger partial charge in [0.2, 0.25) is 0 Å². The van der Waals surface area contributed by atoms with Crippen LogP contribution in [-0.2, 0) is 10.0 Å². The molecule has 172 valence electrons. The molecule has 0 aliphatic heterocycles. The summed E-state index contributed by atoms with van der Waals surface area (Å²) in [6.45, 7) is 0. The van der Waals surface area contributed by atoms with Crippen molar-refractivity contribution in [1.29, 1.82) is 0 Å². The Morgan fingerprint density at radius 2 is 1.38 bits per heavy atom.